The van der Waals surface area contributed by atoms with Crippen molar-refractivity contribution in [2.45, 2.75) is 19.3 Å². The summed E-state index contributed by atoms with van der Waals surface area (Å²) in [6.45, 7) is 1.69. The molecule has 0 saturated carbocycles. The Balaban J connectivity index is 0.000000771. The van der Waals surface area contributed by atoms with Crippen molar-refractivity contribution < 1.29 is 9.53 Å². The van der Waals surface area contributed by atoms with Gasteiger partial charge in [-0.1, -0.05) is 6.07 Å². The molecule has 1 saturated heterocycles. The van der Waals surface area contributed by atoms with E-state index in [0.29, 0.717) is 11.6 Å². The topological polar surface area (TPSA) is 42.4 Å². The Kier molecular flexibility index (Phi) is 5.72. The van der Waals surface area contributed by atoms with Gasteiger partial charge in [-0.3, -0.25) is 4.79 Å². The van der Waals surface area contributed by atoms with E-state index in [0.717, 1.165) is 25.9 Å². The summed E-state index contributed by atoms with van der Waals surface area (Å²) in [4.78, 5) is 18.1. The average molecular weight is 246 g/mol. The monoisotopic (exact) mass is 246 g/mol. The van der Waals surface area contributed by atoms with E-state index in [1.807, 2.05) is 4.90 Å². The molecule has 4 nitrogen and oxygen atoms in total. The number of ether oxygens (including phenoxy) is 1. The summed E-state index contributed by atoms with van der Waals surface area (Å²) in [5, 5.41) is 0. The Bertz CT molecular complexity index is 409. The molecule has 18 heavy (non-hydrogen) atoms. The molecule has 1 aliphatic heterocycles. The zero-order valence-corrected chi connectivity index (χ0v) is 10.6. The number of aromatic nitrogens is 1. The van der Waals surface area contributed by atoms with Gasteiger partial charge in [-0.25, -0.2) is 4.98 Å². The van der Waals surface area contributed by atoms with Crippen LogP contribution < -0.4 is 4.74 Å². The van der Waals surface area contributed by atoms with E-state index in [2.05, 4.69) is 17.8 Å². The lowest BCUT2D eigenvalue weighted by atomic mass is 10.1. The minimum atomic E-state index is 0.0126. The van der Waals surface area contributed by atoms with Gasteiger partial charge in [-0.05, 0) is 25.3 Å². The summed E-state index contributed by atoms with van der Waals surface area (Å²) in [6.07, 6.45) is 11.4. The maximum absolute atomic E-state index is 12.1. The molecule has 0 aliphatic carbocycles. The highest BCUT2D eigenvalue weighted by Gasteiger charge is 2.19. The standard InChI is InChI=1S/C12H16N2O2.C2H2/c1-16-11-7-5-6-10(13-11)12(15)14-8-3-2-4-9-14;1-2/h5-7H,2-4,8-9H2,1H3;1-2H. The van der Waals surface area contributed by atoms with E-state index in [1.54, 1.807) is 25.3 Å². The van der Waals surface area contributed by atoms with Crippen LogP contribution in [-0.2, 0) is 0 Å². The number of terminal acetylenes is 1. The van der Waals surface area contributed by atoms with E-state index < -0.39 is 0 Å². The van der Waals surface area contributed by atoms with Crippen LogP contribution in [0, 0.1) is 12.8 Å². The number of hydrogen-bond donors (Lipinski definition) is 0. The molecule has 2 heterocycles. The maximum Gasteiger partial charge on any atom is 0.272 e. The van der Waals surface area contributed by atoms with Gasteiger partial charge in [0.1, 0.15) is 5.69 Å². The van der Waals surface area contributed by atoms with Gasteiger partial charge < -0.3 is 9.64 Å². The van der Waals surface area contributed by atoms with Crippen LogP contribution in [0.4, 0.5) is 0 Å². The number of rotatable bonds is 2. The minimum Gasteiger partial charge on any atom is -0.481 e. The number of likely N-dealkylation sites (tertiary alicyclic amines) is 1. The highest BCUT2D eigenvalue weighted by atomic mass is 16.5. The van der Waals surface area contributed by atoms with Gasteiger partial charge in [-0.2, -0.15) is 0 Å². The molecule has 0 atom stereocenters. The van der Waals surface area contributed by atoms with Crippen molar-refractivity contribution in [2.75, 3.05) is 20.2 Å². The van der Waals surface area contributed by atoms with Gasteiger partial charge in [0.2, 0.25) is 5.88 Å². The van der Waals surface area contributed by atoms with Crippen LogP contribution in [0.5, 0.6) is 5.88 Å². The lowest BCUT2D eigenvalue weighted by Crippen LogP contribution is -2.36. The highest BCUT2D eigenvalue weighted by Crippen LogP contribution is 2.13. The molecule has 1 aromatic heterocycles. The third-order valence-corrected chi connectivity index (χ3v) is 2.80. The predicted octanol–water partition coefficient (Wildman–Crippen LogP) is 1.97. The second kappa shape index (κ2) is 7.33. The van der Waals surface area contributed by atoms with E-state index in [4.69, 9.17) is 4.74 Å². The number of piperidine rings is 1. The number of hydrogen-bond acceptors (Lipinski definition) is 3. The van der Waals surface area contributed by atoms with E-state index in [-0.39, 0.29) is 5.91 Å². The van der Waals surface area contributed by atoms with Crippen molar-refractivity contribution in [1.29, 1.82) is 0 Å². The van der Waals surface area contributed by atoms with Gasteiger partial charge in [0.05, 0.1) is 7.11 Å². The Morgan fingerprint density at radius 3 is 2.56 bits per heavy atom. The molecule has 1 fully saturated rings. The Morgan fingerprint density at radius 1 is 1.28 bits per heavy atom. The molecule has 96 valence electrons. The van der Waals surface area contributed by atoms with Crippen molar-refractivity contribution in [3.8, 4) is 18.7 Å². The Hall–Kier alpha value is -2.02. The first-order valence-electron chi connectivity index (χ1n) is 5.95. The Labute approximate surface area is 108 Å². The largest absolute Gasteiger partial charge is 0.481 e. The fourth-order valence-corrected chi connectivity index (χ4v) is 1.91. The predicted molar refractivity (Wildman–Crippen MR) is 70.4 cm³/mol. The summed E-state index contributed by atoms with van der Waals surface area (Å²) in [6, 6.07) is 5.27. The zero-order chi connectivity index (χ0) is 13.4. The molecule has 0 aromatic carbocycles. The van der Waals surface area contributed by atoms with Crippen LogP contribution in [0.2, 0.25) is 0 Å². The second-order valence-electron chi connectivity index (χ2n) is 3.92. The molecule has 4 heteroatoms. The number of carbonyl (C=O) groups excluding carboxylic acids is 1. The number of nitrogens with zero attached hydrogens (tertiary/aromatic N) is 2. The fraction of sp³-hybridized carbons (Fsp3) is 0.429. The van der Waals surface area contributed by atoms with Crippen molar-refractivity contribution in [3.63, 3.8) is 0 Å². The van der Waals surface area contributed by atoms with Crippen molar-refractivity contribution in [1.82, 2.24) is 9.88 Å². The molecular formula is C14H18N2O2. The second-order valence-corrected chi connectivity index (χ2v) is 3.92. The van der Waals surface area contributed by atoms with E-state index in [1.165, 1.54) is 6.42 Å². The third-order valence-electron chi connectivity index (χ3n) is 2.80. The molecule has 0 unspecified atom stereocenters. The molecule has 2 rings (SSSR count). The minimum absolute atomic E-state index is 0.0126. The molecule has 1 aromatic rings. The first-order chi connectivity index (χ1) is 8.81. The van der Waals surface area contributed by atoms with E-state index in [9.17, 15) is 4.79 Å². The van der Waals surface area contributed by atoms with Crippen molar-refractivity contribution in [3.05, 3.63) is 23.9 Å². The van der Waals surface area contributed by atoms with Crippen LogP contribution >= 0.6 is 0 Å². The molecule has 1 amide bonds. The summed E-state index contributed by atoms with van der Waals surface area (Å²) in [7, 11) is 1.55. The van der Waals surface area contributed by atoms with Crippen molar-refractivity contribution in [2.24, 2.45) is 0 Å². The number of amides is 1. The molecule has 0 radical (unpaired) electrons. The van der Waals surface area contributed by atoms with Crippen LogP contribution in [0.25, 0.3) is 0 Å². The first kappa shape index (κ1) is 14.0. The summed E-state index contributed by atoms with van der Waals surface area (Å²) >= 11 is 0. The van der Waals surface area contributed by atoms with Crippen LogP contribution in [-0.4, -0.2) is 36.0 Å². The fourth-order valence-electron chi connectivity index (χ4n) is 1.91. The van der Waals surface area contributed by atoms with Gasteiger partial charge in [0.15, 0.2) is 0 Å². The highest BCUT2D eigenvalue weighted by molar-refractivity contribution is 5.92. The number of methoxy groups -OCH3 is 1. The molecule has 0 N–H and O–H groups in total. The average Bonchev–Trinajstić information content (AvgIpc) is 2.49. The SMILES string of the molecule is C#C.COc1cccc(C(=O)N2CCCCC2)n1. The van der Waals surface area contributed by atoms with Gasteiger partial charge in [0, 0.05) is 19.2 Å². The van der Waals surface area contributed by atoms with Crippen LogP contribution in [0.3, 0.4) is 0 Å². The van der Waals surface area contributed by atoms with Crippen molar-refractivity contribution >= 4 is 5.91 Å². The molecular weight excluding hydrogens is 228 g/mol. The first-order valence-corrected chi connectivity index (χ1v) is 5.95. The Morgan fingerprint density at radius 2 is 1.94 bits per heavy atom. The molecule has 1 aliphatic rings. The van der Waals surface area contributed by atoms with Crippen LogP contribution in [0.15, 0.2) is 18.2 Å². The maximum atomic E-state index is 12.1. The molecule has 0 spiro atoms. The summed E-state index contributed by atoms with van der Waals surface area (Å²) in [5.41, 5.74) is 0.473. The van der Waals surface area contributed by atoms with Gasteiger partial charge >= 0.3 is 0 Å². The quantitative estimate of drug-likeness (QED) is 0.749. The summed E-state index contributed by atoms with van der Waals surface area (Å²) in [5.74, 6) is 0.501. The summed E-state index contributed by atoms with van der Waals surface area (Å²) < 4.78 is 5.01. The van der Waals surface area contributed by atoms with E-state index >= 15 is 0 Å². The van der Waals surface area contributed by atoms with Gasteiger partial charge in [0.25, 0.3) is 5.91 Å². The molecule has 0 bridgehead atoms. The zero-order valence-electron chi connectivity index (χ0n) is 10.6. The number of carbonyl (C=O) groups is 1. The lowest BCUT2D eigenvalue weighted by Gasteiger charge is -2.26. The van der Waals surface area contributed by atoms with Gasteiger partial charge in [-0.15, -0.1) is 12.8 Å². The lowest BCUT2D eigenvalue weighted by molar-refractivity contribution is 0.0717. The number of pyridine rings is 1. The normalized spacial score (nSPS) is 14.3. The smallest absolute Gasteiger partial charge is 0.272 e. The third kappa shape index (κ3) is 3.49. The van der Waals surface area contributed by atoms with Crippen LogP contribution in [0.1, 0.15) is 29.8 Å².